The predicted octanol–water partition coefficient (Wildman–Crippen LogP) is 1.45. The third kappa shape index (κ3) is 3.43. The van der Waals surface area contributed by atoms with E-state index in [1.165, 1.54) is 10.7 Å². The number of aromatic nitrogens is 2. The van der Waals surface area contributed by atoms with Crippen LogP contribution in [-0.4, -0.2) is 22.2 Å². The van der Waals surface area contributed by atoms with Crippen LogP contribution in [0.1, 0.15) is 51.3 Å². The van der Waals surface area contributed by atoms with Gasteiger partial charge in [0.05, 0.1) is 5.69 Å². The minimum Gasteiger partial charge on any atom is -0.354 e. The highest BCUT2D eigenvalue weighted by molar-refractivity contribution is 5.79. The van der Waals surface area contributed by atoms with Crippen LogP contribution >= 0.6 is 0 Å². The topological polar surface area (TPSA) is 64.0 Å². The molecule has 1 N–H and O–H groups in total. The van der Waals surface area contributed by atoms with Crippen molar-refractivity contribution >= 4 is 5.91 Å². The second kappa shape index (κ2) is 5.55. The fraction of sp³-hybridized carbons (Fsp3) is 0.643. The molecule has 19 heavy (non-hydrogen) atoms. The highest BCUT2D eigenvalue weighted by Gasteiger charge is 2.27. The van der Waals surface area contributed by atoms with E-state index in [4.69, 9.17) is 0 Å². The van der Waals surface area contributed by atoms with Crippen LogP contribution < -0.4 is 10.9 Å². The van der Waals surface area contributed by atoms with Crippen molar-refractivity contribution in [2.45, 2.75) is 45.6 Å². The molecule has 1 aliphatic rings. The third-order valence-electron chi connectivity index (χ3n) is 3.27. The Bertz CT molecular complexity index is 518. The van der Waals surface area contributed by atoms with Gasteiger partial charge in [0.1, 0.15) is 6.04 Å². The van der Waals surface area contributed by atoms with Gasteiger partial charge in [-0.1, -0.05) is 13.8 Å². The minimum absolute atomic E-state index is 0.156. The van der Waals surface area contributed by atoms with Crippen molar-refractivity contribution in [3.05, 3.63) is 28.2 Å². The van der Waals surface area contributed by atoms with Gasteiger partial charge in [-0.2, -0.15) is 5.10 Å². The second-order valence-electron chi connectivity index (χ2n) is 5.63. The Balaban J connectivity index is 2.13. The average Bonchev–Trinajstić information content (AvgIpc) is 3.20. The molecule has 0 saturated heterocycles. The zero-order valence-corrected chi connectivity index (χ0v) is 11.7. The Kier molecular flexibility index (Phi) is 4.02. The zero-order chi connectivity index (χ0) is 14.0. The molecule has 2 rings (SSSR count). The molecule has 1 unspecified atom stereocenters. The molecule has 0 bridgehead atoms. The summed E-state index contributed by atoms with van der Waals surface area (Å²) >= 11 is 0. The molecule has 1 fully saturated rings. The van der Waals surface area contributed by atoms with Gasteiger partial charge < -0.3 is 5.32 Å². The molecule has 1 aromatic heterocycles. The molecular weight excluding hydrogens is 242 g/mol. The van der Waals surface area contributed by atoms with Crippen LogP contribution in [0.4, 0.5) is 0 Å². The van der Waals surface area contributed by atoms with Crippen molar-refractivity contribution in [1.82, 2.24) is 15.1 Å². The molecular formula is C14H21N3O2. The molecule has 104 valence electrons. The Morgan fingerprint density at radius 1 is 1.42 bits per heavy atom. The zero-order valence-electron chi connectivity index (χ0n) is 11.7. The first-order valence-corrected chi connectivity index (χ1v) is 6.86. The van der Waals surface area contributed by atoms with Crippen molar-refractivity contribution in [2.75, 3.05) is 6.54 Å². The highest BCUT2D eigenvalue weighted by atomic mass is 16.2. The van der Waals surface area contributed by atoms with Gasteiger partial charge in [0.15, 0.2) is 0 Å². The van der Waals surface area contributed by atoms with Gasteiger partial charge in [-0.3, -0.25) is 9.59 Å². The summed E-state index contributed by atoms with van der Waals surface area (Å²) in [6.45, 7) is 6.38. The molecule has 1 saturated carbocycles. The van der Waals surface area contributed by atoms with Crippen LogP contribution in [0.5, 0.6) is 0 Å². The SMILES string of the molecule is CC(C)CNC(=O)C(C)n1nc(C2CC2)ccc1=O. The van der Waals surface area contributed by atoms with E-state index in [1.54, 1.807) is 13.0 Å². The normalized spacial score (nSPS) is 16.4. The predicted molar refractivity (Wildman–Crippen MR) is 73.0 cm³/mol. The fourth-order valence-electron chi connectivity index (χ4n) is 1.88. The van der Waals surface area contributed by atoms with Crippen LogP contribution in [0.15, 0.2) is 16.9 Å². The molecule has 1 aromatic rings. The summed E-state index contributed by atoms with van der Waals surface area (Å²) in [4.78, 5) is 23.8. The summed E-state index contributed by atoms with van der Waals surface area (Å²) in [6, 6.07) is 2.72. The molecule has 1 atom stereocenters. The molecule has 5 heteroatoms. The van der Waals surface area contributed by atoms with E-state index < -0.39 is 6.04 Å². The number of nitrogens with one attached hydrogen (secondary N) is 1. The molecule has 0 aliphatic heterocycles. The summed E-state index contributed by atoms with van der Waals surface area (Å²) in [7, 11) is 0. The van der Waals surface area contributed by atoms with E-state index in [0.29, 0.717) is 18.4 Å². The van der Waals surface area contributed by atoms with E-state index >= 15 is 0 Å². The quantitative estimate of drug-likeness (QED) is 0.874. The maximum Gasteiger partial charge on any atom is 0.267 e. The van der Waals surface area contributed by atoms with Gasteiger partial charge in [0.25, 0.3) is 5.56 Å². The lowest BCUT2D eigenvalue weighted by Crippen LogP contribution is -2.38. The lowest BCUT2D eigenvalue weighted by atomic mass is 10.2. The standard InChI is InChI=1S/C14H21N3O2/c1-9(2)8-15-14(19)10(3)17-13(18)7-6-12(16-17)11-4-5-11/h6-7,9-11H,4-5,8H2,1-3H3,(H,15,19). The Labute approximate surface area is 113 Å². The van der Waals surface area contributed by atoms with E-state index in [1.807, 2.05) is 13.8 Å². The maximum absolute atomic E-state index is 12.0. The average molecular weight is 263 g/mol. The molecule has 0 aromatic carbocycles. The molecule has 0 spiro atoms. The summed E-state index contributed by atoms with van der Waals surface area (Å²) in [5.74, 6) is 0.702. The van der Waals surface area contributed by atoms with Gasteiger partial charge in [-0.15, -0.1) is 0 Å². The number of carbonyl (C=O) groups is 1. The van der Waals surface area contributed by atoms with Crippen molar-refractivity contribution in [3.8, 4) is 0 Å². The monoisotopic (exact) mass is 263 g/mol. The van der Waals surface area contributed by atoms with Gasteiger partial charge >= 0.3 is 0 Å². The van der Waals surface area contributed by atoms with E-state index in [0.717, 1.165) is 18.5 Å². The Morgan fingerprint density at radius 2 is 2.11 bits per heavy atom. The van der Waals surface area contributed by atoms with Gasteiger partial charge in [0.2, 0.25) is 5.91 Å². The summed E-state index contributed by atoms with van der Waals surface area (Å²) in [5.41, 5.74) is 0.694. The third-order valence-corrected chi connectivity index (χ3v) is 3.27. The number of hydrogen-bond donors (Lipinski definition) is 1. The summed E-state index contributed by atoms with van der Waals surface area (Å²) in [5, 5.41) is 7.16. The molecule has 1 aliphatic carbocycles. The molecule has 1 amide bonds. The number of rotatable bonds is 5. The van der Waals surface area contributed by atoms with Crippen molar-refractivity contribution in [3.63, 3.8) is 0 Å². The smallest absolute Gasteiger partial charge is 0.267 e. The number of hydrogen-bond acceptors (Lipinski definition) is 3. The second-order valence-corrected chi connectivity index (χ2v) is 5.63. The molecule has 1 heterocycles. The van der Waals surface area contributed by atoms with Crippen LogP contribution in [0.25, 0.3) is 0 Å². The van der Waals surface area contributed by atoms with E-state index in [-0.39, 0.29) is 11.5 Å². The van der Waals surface area contributed by atoms with Gasteiger partial charge in [0, 0.05) is 18.5 Å². The minimum atomic E-state index is -0.565. The highest BCUT2D eigenvalue weighted by Crippen LogP contribution is 2.38. The first-order chi connectivity index (χ1) is 8.99. The van der Waals surface area contributed by atoms with E-state index in [2.05, 4.69) is 10.4 Å². The van der Waals surface area contributed by atoms with Crippen LogP contribution in [0, 0.1) is 5.92 Å². The summed E-state index contributed by atoms with van der Waals surface area (Å²) < 4.78 is 1.29. The summed E-state index contributed by atoms with van der Waals surface area (Å²) in [6.07, 6.45) is 2.25. The number of carbonyl (C=O) groups excluding carboxylic acids is 1. The van der Waals surface area contributed by atoms with Crippen LogP contribution in [-0.2, 0) is 4.79 Å². The Morgan fingerprint density at radius 3 is 2.68 bits per heavy atom. The Hall–Kier alpha value is -1.65. The first kappa shape index (κ1) is 13.8. The molecule has 5 nitrogen and oxygen atoms in total. The fourth-order valence-corrected chi connectivity index (χ4v) is 1.88. The number of nitrogens with zero attached hydrogens (tertiary/aromatic N) is 2. The lowest BCUT2D eigenvalue weighted by molar-refractivity contribution is -0.124. The van der Waals surface area contributed by atoms with Gasteiger partial charge in [-0.25, -0.2) is 4.68 Å². The number of amides is 1. The molecule has 0 radical (unpaired) electrons. The van der Waals surface area contributed by atoms with Crippen LogP contribution in [0.2, 0.25) is 0 Å². The van der Waals surface area contributed by atoms with Gasteiger partial charge in [-0.05, 0) is 31.7 Å². The van der Waals surface area contributed by atoms with Crippen molar-refractivity contribution in [2.24, 2.45) is 5.92 Å². The van der Waals surface area contributed by atoms with Crippen LogP contribution in [0.3, 0.4) is 0 Å². The van der Waals surface area contributed by atoms with E-state index in [9.17, 15) is 9.59 Å². The first-order valence-electron chi connectivity index (χ1n) is 6.86. The maximum atomic E-state index is 12.0. The largest absolute Gasteiger partial charge is 0.354 e. The van der Waals surface area contributed by atoms with Crippen molar-refractivity contribution < 1.29 is 4.79 Å². The van der Waals surface area contributed by atoms with Crippen molar-refractivity contribution in [1.29, 1.82) is 0 Å². The lowest BCUT2D eigenvalue weighted by Gasteiger charge is -2.15.